The van der Waals surface area contributed by atoms with Crippen LogP contribution in [-0.2, 0) is 11.3 Å². The number of anilines is 2. The highest BCUT2D eigenvalue weighted by atomic mass is 19.1. The number of hydrogen-bond donors (Lipinski definition) is 2. The Hall–Kier alpha value is -4.00. The van der Waals surface area contributed by atoms with E-state index in [0.717, 1.165) is 0 Å². The Kier molecular flexibility index (Phi) is 5.69. The number of primary amides is 1. The first-order valence-electron chi connectivity index (χ1n) is 8.71. The molecule has 0 fully saturated rings. The van der Waals surface area contributed by atoms with Gasteiger partial charge in [-0.1, -0.05) is 24.8 Å². The standard InChI is InChI=1S/C22H19FN4O2/c1-14(17-3-2-10-26-12-17)22(29)27(20-11-18(23)8-9-19(20)24)13-15-4-6-16(7-5-15)21(25)28/h2-12H,1,13,24H2,(H2,25,28). The average Bonchev–Trinajstić information content (AvgIpc) is 2.74. The summed E-state index contributed by atoms with van der Waals surface area (Å²) in [5.74, 6) is -1.53. The first-order chi connectivity index (χ1) is 13.9. The van der Waals surface area contributed by atoms with Gasteiger partial charge in [-0.25, -0.2) is 4.39 Å². The summed E-state index contributed by atoms with van der Waals surface area (Å²) >= 11 is 0. The molecule has 1 aromatic heterocycles. The van der Waals surface area contributed by atoms with Gasteiger partial charge in [0.15, 0.2) is 0 Å². The van der Waals surface area contributed by atoms with Crippen LogP contribution < -0.4 is 16.4 Å². The van der Waals surface area contributed by atoms with Gasteiger partial charge in [0.25, 0.3) is 5.91 Å². The lowest BCUT2D eigenvalue weighted by Gasteiger charge is -2.25. The maximum Gasteiger partial charge on any atom is 0.258 e. The lowest BCUT2D eigenvalue weighted by Crippen LogP contribution is -2.31. The minimum Gasteiger partial charge on any atom is -0.397 e. The Morgan fingerprint density at radius 3 is 2.41 bits per heavy atom. The van der Waals surface area contributed by atoms with E-state index < -0.39 is 17.6 Å². The highest BCUT2D eigenvalue weighted by molar-refractivity contribution is 6.26. The summed E-state index contributed by atoms with van der Waals surface area (Å²) in [6.45, 7) is 3.96. The van der Waals surface area contributed by atoms with E-state index in [4.69, 9.17) is 11.5 Å². The zero-order valence-electron chi connectivity index (χ0n) is 15.5. The molecule has 0 saturated heterocycles. The van der Waals surface area contributed by atoms with Crippen molar-refractivity contribution in [2.24, 2.45) is 5.73 Å². The van der Waals surface area contributed by atoms with Gasteiger partial charge in [0.2, 0.25) is 5.91 Å². The van der Waals surface area contributed by atoms with Crippen molar-refractivity contribution < 1.29 is 14.0 Å². The molecule has 146 valence electrons. The van der Waals surface area contributed by atoms with Crippen LogP contribution >= 0.6 is 0 Å². The van der Waals surface area contributed by atoms with Crippen molar-refractivity contribution in [3.05, 3.63) is 96.1 Å². The van der Waals surface area contributed by atoms with E-state index in [1.807, 2.05) is 0 Å². The molecule has 4 N–H and O–H groups in total. The molecule has 2 aromatic carbocycles. The number of benzene rings is 2. The van der Waals surface area contributed by atoms with Crippen molar-refractivity contribution in [3.8, 4) is 0 Å². The van der Waals surface area contributed by atoms with Crippen LogP contribution in [0.4, 0.5) is 15.8 Å². The van der Waals surface area contributed by atoms with Crippen LogP contribution in [0.3, 0.4) is 0 Å². The first-order valence-corrected chi connectivity index (χ1v) is 8.71. The number of pyridine rings is 1. The topological polar surface area (TPSA) is 102 Å². The van der Waals surface area contributed by atoms with Crippen LogP contribution in [0.2, 0.25) is 0 Å². The largest absolute Gasteiger partial charge is 0.397 e. The van der Waals surface area contributed by atoms with Crippen molar-refractivity contribution in [1.82, 2.24) is 4.98 Å². The fraction of sp³-hybridized carbons (Fsp3) is 0.0455. The zero-order chi connectivity index (χ0) is 21.0. The average molecular weight is 390 g/mol. The smallest absolute Gasteiger partial charge is 0.258 e. The number of carbonyl (C=O) groups excluding carboxylic acids is 2. The fourth-order valence-corrected chi connectivity index (χ4v) is 2.80. The van der Waals surface area contributed by atoms with E-state index in [-0.39, 0.29) is 23.5 Å². The van der Waals surface area contributed by atoms with E-state index in [0.29, 0.717) is 16.7 Å². The minimum atomic E-state index is -0.552. The normalized spacial score (nSPS) is 10.4. The number of amides is 2. The minimum absolute atomic E-state index is 0.0881. The number of nitrogen functional groups attached to an aromatic ring is 1. The molecule has 0 spiro atoms. The van der Waals surface area contributed by atoms with Crippen molar-refractivity contribution in [3.63, 3.8) is 0 Å². The lowest BCUT2D eigenvalue weighted by atomic mass is 10.1. The van der Waals surface area contributed by atoms with Crippen molar-refractivity contribution in [2.45, 2.75) is 6.54 Å². The molecule has 0 aliphatic carbocycles. The van der Waals surface area contributed by atoms with Crippen LogP contribution in [0.1, 0.15) is 21.5 Å². The maximum atomic E-state index is 13.9. The Morgan fingerprint density at radius 2 is 1.79 bits per heavy atom. The number of carbonyl (C=O) groups is 2. The Balaban J connectivity index is 1.99. The van der Waals surface area contributed by atoms with Gasteiger partial charge in [0, 0.05) is 29.1 Å². The molecule has 1 heterocycles. The van der Waals surface area contributed by atoms with E-state index in [1.165, 1.54) is 29.3 Å². The van der Waals surface area contributed by atoms with Gasteiger partial charge in [0.05, 0.1) is 17.9 Å². The third-order valence-electron chi connectivity index (χ3n) is 4.38. The SMILES string of the molecule is C=C(C(=O)N(Cc1ccc(C(N)=O)cc1)c1cc(F)ccc1N)c1cccnc1. The molecule has 2 amide bonds. The predicted octanol–water partition coefficient (Wildman–Crippen LogP) is 3.15. The summed E-state index contributed by atoms with van der Waals surface area (Å²) in [7, 11) is 0. The van der Waals surface area contributed by atoms with Gasteiger partial charge in [-0.3, -0.25) is 14.6 Å². The number of aromatic nitrogens is 1. The monoisotopic (exact) mass is 390 g/mol. The highest BCUT2D eigenvalue weighted by Crippen LogP contribution is 2.29. The Morgan fingerprint density at radius 1 is 1.07 bits per heavy atom. The van der Waals surface area contributed by atoms with E-state index in [1.54, 1.807) is 42.6 Å². The van der Waals surface area contributed by atoms with E-state index in [2.05, 4.69) is 11.6 Å². The maximum absolute atomic E-state index is 13.9. The Labute approximate surface area is 167 Å². The summed E-state index contributed by atoms with van der Waals surface area (Å²) in [5.41, 5.74) is 13.5. The molecule has 0 aliphatic heterocycles. The summed E-state index contributed by atoms with van der Waals surface area (Å²) in [4.78, 5) is 29.9. The quantitative estimate of drug-likeness (QED) is 0.498. The molecule has 3 aromatic rings. The predicted molar refractivity (Wildman–Crippen MR) is 110 cm³/mol. The highest BCUT2D eigenvalue weighted by Gasteiger charge is 2.23. The number of nitrogens with zero attached hydrogens (tertiary/aromatic N) is 2. The van der Waals surface area contributed by atoms with Crippen LogP contribution in [0, 0.1) is 5.82 Å². The van der Waals surface area contributed by atoms with Crippen molar-refractivity contribution in [1.29, 1.82) is 0 Å². The van der Waals surface area contributed by atoms with Gasteiger partial charge >= 0.3 is 0 Å². The van der Waals surface area contributed by atoms with Gasteiger partial charge in [-0.2, -0.15) is 0 Å². The third-order valence-corrected chi connectivity index (χ3v) is 4.38. The summed E-state index contributed by atoms with van der Waals surface area (Å²) < 4.78 is 13.9. The summed E-state index contributed by atoms with van der Waals surface area (Å²) in [6.07, 6.45) is 3.11. The molecule has 0 saturated carbocycles. The van der Waals surface area contributed by atoms with Crippen molar-refractivity contribution >= 4 is 28.8 Å². The van der Waals surface area contributed by atoms with E-state index >= 15 is 0 Å². The fourth-order valence-electron chi connectivity index (χ4n) is 2.80. The first kappa shape index (κ1) is 19.8. The van der Waals surface area contributed by atoms with Crippen LogP contribution in [0.5, 0.6) is 0 Å². The molecule has 0 atom stereocenters. The molecule has 0 aliphatic rings. The molecule has 29 heavy (non-hydrogen) atoms. The molecule has 0 bridgehead atoms. The van der Waals surface area contributed by atoms with Crippen LogP contribution in [0.25, 0.3) is 5.57 Å². The number of rotatable bonds is 6. The number of halogens is 1. The van der Waals surface area contributed by atoms with Gasteiger partial charge in [-0.05, 0) is 42.0 Å². The third kappa shape index (κ3) is 4.47. The summed E-state index contributed by atoms with van der Waals surface area (Å²) in [5, 5.41) is 0. The van der Waals surface area contributed by atoms with E-state index in [9.17, 15) is 14.0 Å². The lowest BCUT2D eigenvalue weighted by molar-refractivity contribution is -0.113. The molecular weight excluding hydrogens is 371 g/mol. The second-order valence-electron chi connectivity index (χ2n) is 6.38. The molecule has 3 rings (SSSR count). The summed E-state index contributed by atoms with van der Waals surface area (Å²) in [6, 6.07) is 13.7. The molecule has 0 unspecified atom stereocenters. The Bertz CT molecular complexity index is 1070. The number of nitrogens with two attached hydrogens (primary N) is 2. The molecule has 0 radical (unpaired) electrons. The molecule has 6 nitrogen and oxygen atoms in total. The van der Waals surface area contributed by atoms with Gasteiger partial charge in [0.1, 0.15) is 5.82 Å². The van der Waals surface area contributed by atoms with Gasteiger partial charge < -0.3 is 16.4 Å². The molecule has 7 heteroatoms. The van der Waals surface area contributed by atoms with Crippen molar-refractivity contribution in [2.75, 3.05) is 10.6 Å². The second-order valence-corrected chi connectivity index (χ2v) is 6.38. The molecular formula is C22H19FN4O2. The van der Waals surface area contributed by atoms with Gasteiger partial charge in [-0.15, -0.1) is 0 Å². The zero-order valence-corrected chi connectivity index (χ0v) is 15.5. The number of hydrogen-bond acceptors (Lipinski definition) is 4. The van der Waals surface area contributed by atoms with Crippen LogP contribution in [0.15, 0.2) is 73.6 Å². The van der Waals surface area contributed by atoms with Crippen LogP contribution in [-0.4, -0.2) is 16.8 Å². The second kappa shape index (κ2) is 8.35.